The van der Waals surface area contributed by atoms with Crippen LogP contribution in [0.1, 0.15) is 25.0 Å². The highest BCUT2D eigenvalue weighted by atomic mass is 16.3. The van der Waals surface area contributed by atoms with Crippen molar-refractivity contribution in [3.8, 4) is 5.75 Å². The molecule has 0 atom stereocenters. The number of allylic oxidation sites excluding steroid dienone is 2. The van der Waals surface area contributed by atoms with Gasteiger partial charge in [-0.25, -0.2) is 0 Å². The van der Waals surface area contributed by atoms with E-state index in [1.54, 1.807) is 31.2 Å². The Morgan fingerprint density at radius 1 is 1.40 bits per heavy atom. The lowest BCUT2D eigenvalue weighted by molar-refractivity contribution is 0.474. The lowest BCUT2D eigenvalue weighted by Crippen LogP contribution is -1.94. The number of phenolic OH excluding ortho intramolecular Hbond substituents is 1. The highest BCUT2D eigenvalue weighted by Crippen LogP contribution is 2.23. The second kappa shape index (κ2) is 4.55. The molecule has 0 spiro atoms. The summed E-state index contributed by atoms with van der Waals surface area (Å²) < 4.78 is 0. The van der Waals surface area contributed by atoms with E-state index >= 15 is 0 Å². The summed E-state index contributed by atoms with van der Waals surface area (Å²) in [5, 5.41) is 24.3. The molecule has 0 fully saturated rings. The van der Waals surface area contributed by atoms with Crippen molar-refractivity contribution in [3.63, 3.8) is 0 Å². The third-order valence-corrected chi connectivity index (χ3v) is 2.20. The standard InChI is InChI=1S/C12H14N2O/c1-3-9(7-13)10-4-5-11(8(2)14)12(15)6-10/h3-7,13-15H,1-2H3. The number of nitrogens with one attached hydrogen (secondary N) is 2. The third-order valence-electron chi connectivity index (χ3n) is 2.20. The summed E-state index contributed by atoms with van der Waals surface area (Å²) in [6, 6.07) is 5.07. The Labute approximate surface area is 89.1 Å². The van der Waals surface area contributed by atoms with Gasteiger partial charge in [0.05, 0.1) is 0 Å². The summed E-state index contributed by atoms with van der Waals surface area (Å²) in [5.74, 6) is 0.0844. The van der Waals surface area contributed by atoms with Gasteiger partial charge in [0.2, 0.25) is 0 Å². The summed E-state index contributed by atoms with van der Waals surface area (Å²) in [6.45, 7) is 3.47. The van der Waals surface area contributed by atoms with Gasteiger partial charge < -0.3 is 15.9 Å². The first-order valence-electron chi connectivity index (χ1n) is 4.66. The highest BCUT2D eigenvalue weighted by molar-refractivity contribution is 6.09. The fourth-order valence-electron chi connectivity index (χ4n) is 1.36. The topological polar surface area (TPSA) is 67.9 Å². The first-order valence-corrected chi connectivity index (χ1v) is 4.66. The van der Waals surface area contributed by atoms with Crippen molar-refractivity contribution in [2.45, 2.75) is 13.8 Å². The lowest BCUT2D eigenvalue weighted by atomic mass is 10.0. The molecule has 0 aliphatic heterocycles. The maximum absolute atomic E-state index is 9.66. The molecule has 0 saturated carbocycles. The van der Waals surface area contributed by atoms with E-state index in [-0.39, 0.29) is 5.75 Å². The van der Waals surface area contributed by atoms with Gasteiger partial charge in [-0.1, -0.05) is 12.1 Å². The Morgan fingerprint density at radius 3 is 2.47 bits per heavy atom. The van der Waals surface area contributed by atoms with Crippen LogP contribution in [0, 0.1) is 10.8 Å². The summed E-state index contributed by atoms with van der Waals surface area (Å²) >= 11 is 0. The van der Waals surface area contributed by atoms with E-state index in [1.807, 2.05) is 6.92 Å². The molecule has 0 aromatic heterocycles. The van der Waals surface area contributed by atoms with Crippen LogP contribution >= 0.6 is 0 Å². The monoisotopic (exact) mass is 202 g/mol. The minimum Gasteiger partial charge on any atom is -0.507 e. The van der Waals surface area contributed by atoms with Gasteiger partial charge in [-0.2, -0.15) is 0 Å². The van der Waals surface area contributed by atoms with Gasteiger partial charge in [-0.3, -0.25) is 0 Å². The van der Waals surface area contributed by atoms with Crippen molar-refractivity contribution in [3.05, 3.63) is 35.4 Å². The molecule has 0 saturated heterocycles. The molecule has 0 unspecified atom stereocenters. The maximum atomic E-state index is 9.66. The molecule has 0 aliphatic carbocycles. The molecule has 0 bridgehead atoms. The van der Waals surface area contributed by atoms with Crippen molar-refractivity contribution < 1.29 is 5.11 Å². The van der Waals surface area contributed by atoms with Gasteiger partial charge in [0.1, 0.15) is 5.75 Å². The van der Waals surface area contributed by atoms with E-state index in [2.05, 4.69) is 0 Å². The normalized spacial score (nSPS) is 11.2. The fourth-order valence-corrected chi connectivity index (χ4v) is 1.36. The van der Waals surface area contributed by atoms with Crippen LogP contribution in [0.2, 0.25) is 0 Å². The molecule has 3 nitrogen and oxygen atoms in total. The molecule has 1 rings (SSSR count). The van der Waals surface area contributed by atoms with E-state index in [0.29, 0.717) is 11.3 Å². The van der Waals surface area contributed by atoms with Crippen molar-refractivity contribution in [1.82, 2.24) is 0 Å². The molecule has 1 aromatic rings. The Hall–Kier alpha value is -1.90. The van der Waals surface area contributed by atoms with Crippen molar-refractivity contribution in [1.29, 1.82) is 10.8 Å². The second-order valence-corrected chi connectivity index (χ2v) is 3.25. The molecule has 0 amide bonds. The van der Waals surface area contributed by atoms with Crippen LogP contribution in [0.4, 0.5) is 0 Å². The van der Waals surface area contributed by atoms with Crippen molar-refractivity contribution in [2.24, 2.45) is 0 Å². The maximum Gasteiger partial charge on any atom is 0.125 e. The largest absolute Gasteiger partial charge is 0.507 e. The Bertz CT molecular complexity index is 433. The molecular formula is C12H14N2O. The smallest absolute Gasteiger partial charge is 0.125 e. The van der Waals surface area contributed by atoms with Crippen LogP contribution in [0.5, 0.6) is 5.75 Å². The third kappa shape index (κ3) is 2.31. The van der Waals surface area contributed by atoms with Crippen LogP contribution in [0.15, 0.2) is 24.3 Å². The molecule has 0 aliphatic rings. The van der Waals surface area contributed by atoms with Gasteiger partial charge in [0.25, 0.3) is 0 Å². The number of hydrogen-bond donors (Lipinski definition) is 3. The van der Waals surface area contributed by atoms with Gasteiger partial charge >= 0.3 is 0 Å². The average molecular weight is 202 g/mol. The zero-order valence-electron chi connectivity index (χ0n) is 8.83. The van der Waals surface area contributed by atoms with Gasteiger partial charge in [0.15, 0.2) is 0 Å². The number of benzene rings is 1. The Morgan fingerprint density at radius 2 is 2.07 bits per heavy atom. The zero-order chi connectivity index (χ0) is 11.4. The molecule has 3 heteroatoms. The van der Waals surface area contributed by atoms with Gasteiger partial charge in [0, 0.05) is 17.5 Å². The van der Waals surface area contributed by atoms with Crippen LogP contribution in [0.25, 0.3) is 5.57 Å². The molecule has 1 aromatic carbocycles. The minimum atomic E-state index is 0.0844. The summed E-state index contributed by atoms with van der Waals surface area (Å²) in [7, 11) is 0. The molecule has 3 N–H and O–H groups in total. The van der Waals surface area contributed by atoms with Crippen molar-refractivity contribution in [2.75, 3.05) is 0 Å². The molecule has 78 valence electrons. The number of rotatable bonds is 3. The van der Waals surface area contributed by atoms with Crippen molar-refractivity contribution >= 4 is 17.5 Å². The first kappa shape index (κ1) is 11.2. The van der Waals surface area contributed by atoms with Crippen LogP contribution in [-0.4, -0.2) is 17.0 Å². The van der Waals surface area contributed by atoms with E-state index in [0.717, 1.165) is 11.1 Å². The number of phenols is 1. The predicted octanol–water partition coefficient (Wildman–Crippen LogP) is 2.83. The van der Waals surface area contributed by atoms with E-state index < -0.39 is 0 Å². The zero-order valence-corrected chi connectivity index (χ0v) is 8.83. The van der Waals surface area contributed by atoms with E-state index in [4.69, 9.17) is 10.8 Å². The Kier molecular flexibility index (Phi) is 3.39. The SMILES string of the molecule is CC=C(C=N)c1ccc(C(C)=N)c(O)c1. The van der Waals surface area contributed by atoms with E-state index in [1.165, 1.54) is 6.21 Å². The second-order valence-electron chi connectivity index (χ2n) is 3.25. The first-order chi connectivity index (χ1) is 7.10. The van der Waals surface area contributed by atoms with Crippen LogP contribution in [0.3, 0.4) is 0 Å². The summed E-state index contributed by atoms with van der Waals surface area (Å²) in [4.78, 5) is 0. The molecule has 0 radical (unpaired) electrons. The van der Waals surface area contributed by atoms with Crippen LogP contribution < -0.4 is 0 Å². The van der Waals surface area contributed by atoms with Gasteiger partial charge in [-0.15, -0.1) is 0 Å². The number of hydrogen-bond acceptors (Lipinski definition) is 3. The fraction of sp³-hybridized carbons (Fsp3) is 0.167. The summed E-state index contributed by atoms with van der Waals surface area (Å²) in [5.41, 5.74) is 2.39. The average Bonchev–Trinajstić information content (AvgIpc) is 2.19. The van der Waals surface area contributed by atoms with Gasteiger partial charge in [-0.05, 0) is 37.1 Å². The molecule has 15 heavy (non-hydrogen) atoms. The molecular weight excluding hydrogens is 188 g/mol. The summed E-state index contributed by atoms with van der Waals surface area (Å²) in [6.07, 6.45) is 3.05. The van der Waals surface area contributed by atoms with E-state index in [9.17, 15) is 5.11 Å². The Balaban J connectivity index is 3.23. The minimum absolute atomic E-state index is 0.0844. The quantitative estimate of drug-likeness (QED) is 0.648. The lowest BCUT2D eigenvalue weighted by Gasteiger charge is -2.06. The highest BCUT2D eigenvalue weighted by Gasteiger charge is 2.05. The number of aromatic hydroxyl groups is 1. The predicted molar refractivity (Wildman–Crippen MR) is 63.0 cm³/mol. The molecule has 0 heterocycles. The van der Waals surface area contributed by atoms with Crippen LogP contribution in [-0.2, 0) is 0 Å².